The third kappa shape index (κ3) is 2.76. The lowest BCUT2D eigenvalue weighted by atomic mass is 10.1. The Hall–Kier alpha value is -2.51. The molecule has 3 aromatic rings. The van der Waals surface area contributed by atoms with E-state index < -0.39 is 0 Å². The van der Waals surface area contributed by atoms with Crippen molar-refractivity contribution in [2.45, 2.75) is 12.5 Å². The molecular formula is C17H13ClN3O. The summed E-state index contributed by atoms with van der Waals surface area (Å²) >= 11 is 5.99. The molecule has 3 rings (SSSR count). The van der Waals surface area contributed by atoms with Gasteiger partial charge < -0.3 is 9.14 Å². The van der Waals surface area contributed by atoms with Gasteiger partial charge in [0.05, 0.1) is 5.56 Å². The van der Waals surface area contributed by atoms with Gasteiger partial charge >= 0.3 is 0 Å². The molecule has 1 unspecified atom stereocenters. The van der Waals surface area contributed by atoms with Crippen molar-refractivity contribution in [3.05, 3.63) is 72.0 Å². The molecule has 0 fully saturated rings. The van der Waals surface area contributed by atoms with Crippen LogP contribution >= 0.6 is 11.6 Å². The number of halogens is 1. The highest BCUT2D eigenvalue weighted by Crippen LogP contribution is 2.29. The number of nitrogens with zero attached hydrogens (tertiary/aromatic N) is 3. The van der Waals surface area contributed by atoms with Crippen molar-refractivity contribution < 1.29 is 4.74 Å². The molecule has 2 heterocycles. The Morgan fingerprint density at radius 2 is 2.18 bits per heavy atom. The highest BCUT2D eigenvalue weighted by molar-refractivity contribution is 6.30. The maximum Gasteiger partial charge on any atom is 0.139 e. The first-order valence-corrected chi connectivity index (χ1v) is 7.17. The fourth-order valence-electron chi connectivity index (χ4n) is 2.26. The lowest BCUT2D eigenvalue weighted by molar-refractivity contribution is 0.208. The highest BCUT2D eigenvalue weighted by atomic mass is 35.5. The van der Waals surface area contributed by atoms with Crippen LogP contribution in [0.25, 0.3) is 5.65 Å². The number of ether oxygens (including phenoxy) is 1. The van der Waals surface area contributed by atoms with E-state index in [1.165, 1.54) is 0 Å². The molecule has 0 aliphatic heterocycles. The molecule has 0 aliphatic carbocycles. The van der Waals surface area contributed by atoms with Gasteiger partial charge in [0.2, 0.25) is 0 Å². The second-order valence-electron chi connectivity index (χ2n) is 4.80. The zero-order chi connectivity index (χ0) is 15.5. The highest BCUT2D eigenvalue weighted by Gasteiger charge is 2.15. The van der Waals surface area contributed by atoms with Crippen molar-refractivity contribution in [1.29, 1.82) is 5.26 Å². The van der Waals surface area contributed by atoms with Crippen molar-refractivity contribution >= 4 is 17.2 Å². The molecule has 0 bridgehead atoms. The summed E-state index contributed by atoms with van der Waals surface area (Å²) in [5.41, 5.74) is 2.24. The molecular weight excluding hydrogens is 298 g/mol. The van der Waals surface area contributed by atoms with E-state index in [0.717, 1.165) is 11.2 Å². The molecule has 0 aliphatic rings. The van der Waals surface area contributed by atoms with Crippen LogP contribution in [0.5, 0.6) is 5.75 Å². The van der Waals surface area contributed by atoms with Crippen molar-refractivity contribution in [2.75, 3.05) is 0 Å². The first-order valence-electron chi connectivity index (χ1n) is 6.79. The van der Waals surface area contributed by atoms with E-state index in [1.807, 2.05) is 28.9 Å². The molecule has 0 N–H and O–H groups in total. The van der Waals surface area contributed by atoms with E-state index in [9.17, 15) is 5.26 Å². The van der Waals surface area contributed by atoms with Gasteiger partial charge in [0.1, 0.15) is 23.6 Å². The van der Waals surface area contributed by atoms with E-state index in [2.05, 4.69) is 18.0 Å². The number of hydrogen-bond acceptors (Lipinski definition) is 3. The van der Waals surface area contributed by atoms with E-state index in [0.29, 0.717) is 22.8 Å². The third-order valence-corrected chi connectivity index (χ3v) is 3.62. The fraction of sp³-hybridized carbons (Fsp3) is 0.118. The maximum atomic E-state index is 9.18. The van der Waals surface area contributed by atoms with E-state index in [4.69, 9.17) is 16.3 Å². The topological polar surface area (TPSA) is 50.3 Å². The van der Waals surface area contributed by atoms with Crippen LogP contribution < -0.4 is 4.74 Å². The molecule has 0 saturated carbocycles. The lowest BCUT2D eigenvalue weighted by Crippen LogP contribution is -2.08. The minimum absolute atomic E-state index is 0.271. The predicted octanol–water partition coefficient (Wildman–Crippen LogP) is 4.20. The van der Waals surface area contributed by atoms with E-state index in [1.54, 1.807) is 24.4 Å². The summed E-state index contributed by atoms with van der Waals surface area (Å²) in [6.07, 6.45) is 5.79. The molecule has 22 heavy (non-hydrogen) atoms. The van der Waals surface area contributed by atoms with Crippen LogP contribution in [0.4, 0.5) is 0 Å². The molecule has 5 heteroatoms. The van der Waals surface area contributed by atoms with Gasteiger partial charge in [0, 0.05) is 29.7 Å². The minimum atomic E-state index is -0.271. The standard InChI is InChI=1S/C17H13ClN3O/c1-2-15(12-5-7-21-8-6-20-17(21)9-12)22-16-10-14(18)4-3-13(16)11-19/h3-10,15H,1-2H2. The number of aromatic nitrogens is 2. The number of rotatable bonds is 4. The van der Waals surface area contributed by atoms with Gasteiger partial charge in [-0.05, 0) is 43.2 Å². The summed E-state index contributed by atoms with van der Waals surface area (Å²) in [7, 11) is 0. The normalized spacial score (nSPS) is 12.0. The number of nitriles is 1. The average molecular weight is 311 g/mol. The van der Waals surface area contributed by atoms with Crippen LogP contribution in [0.15, 0.2) is 48.9 Å². The molecule has 1 aromatic carbocycles. The molecule has 4 nitrogen and oxygen atoms in total. The smallest absolute Gasteiger partial charge is 0.139 e. The number of hydrogen-bond donors (Lipinski definition) is 0. The summed E-state index contributed by atoms with van der Waals surface area (Å²) in [5, 5.41) is 9.71. The summed E-state index contributed by atoms with van der Waals surface area (Å²) in [5.74, 6) is 0.465. The van der Waals surface area contributed by atoms with Crippen LogP contribution in [0, 0.1) is 18.3 Å². The monoisotopic (exact) mass is 310 g/mol. The van der Waals surface area contributed by atoms with Gasteiger partial charge in [-0.2, -0.15) is 5.26 Å². The predicted molar refractivity (Wildman–Crippen MR) is 84.7 cm³/mol. The molecule has 2 aromatic heterocycles. The number of benzene rings is 1. The van der Waals surface area contributed by atoms with Crippen molar-refractivity contribution in [3.8, 4) is 11.8 Å². The Morgan fingerprint density at radius 3 is 2.95 bits per heavy atom. The van der Waals surface area contributed by atoms with E-state index >= 15 is 0 Å². The number of imidazole rings is 1. The van der Waals surface area contributed by atoms with Crippen LogP contribution in [-0.4, -0.2) is 9.38 Å². The van der Waals surface area contributed by atoms with Crippen LogP contribution in [0.3, 0.4) is 0 Å². The van der Waals surface area contributed by atoms with Gasteiger partial charge in [-0.1, -0.05) is 11.6 Å². The minimum Gasteiger partial charge on any atom is -0.484 e. The second-order valence-corrected chi connectivity index (χ2v) is 5.24. The Morgan fingerprint density at radius 1 is 1.32 bits per heavy atom. The number of fused-ring (bicyclic) bond motifs is 1. The van der Waals surface area contributed by atoms with Crippen molar-refractivity contribution in [3.63, 3.8) is 0 Å². The maximum absolute atomic E-state index is 9.18. The zero-order valence-electron chi connectivity index (χ0n) is 11.7. The van der Waals surface area contributed by atoms with Gasteiger partial charge in [-0.3, -0.25) is 0 Å². The molecule has 1 radical (unpaired) electrons. The quantitative estimate of drug-likeness (QED) is 0.725. The summed E-state index contributed by atoms with van der Waals surface area (Å²) in [6.45, 7) is 3.94. The molecule has 0 spiro atoms. The fourth-order valence-corrected chi connectivity index (χ4v) is 2.42. The van der Waals surface area contributed by atoms with Crippen molar-refractivity contribution in [1.82, 2.24) is 9.38 Å². The molecule has 109 valence electrons. The van der Waals surface area contributed by atoms with Crippen molar-refractivity contribution in [2.24, 2.45) is 0 Å². The number of pyridine rings is 1. The van der Waals surface area contributed by atoms with Crippen LogP contribution in [0.1, 0.15) is 23.7 Å². The second kappa shape index (κ2) is 6.08. The molecule has 0 amide bonds. The summed E-state index contributed by atoms with van der Waals surface area (Å²) in [6, 6.07) is 11.0. The van der Waals surface area contributed by atoms with Gasteiger partial charge in [-0.15, -0.1) is 0 Å². The lowest BCUT2D eigenvalue weighted by Gasteiger charge is -2.19. The third-order valence-electron chi connectivity index (χ3n) is 3.39. The first kappa shape index (κ1) is 14.4. The SMILES string of the molecule is [CH2]CC(Oc1cc(Cl)ccc1C#N)c1ccn2ccnc2c1. The Balaban J connectivity index is 1.94. The Labute approximate surface area is 133 Å². The van der Waals surface area contributed by atoms with Gasteiger partial charge in [-0.25, -0.2) is 4.98 Å². The summed E-state index contributed by atoms with van der Waals surface area (Å²) < 4.78 is 7.89. The summed E-state index contributed by atoms with van der Waals surface area (Å²) in [4.78, 5) is 4.26. The van der Waals surface area contributed by atoms with Gasteiger partial charge in [0.15, 0.2) is 0 Å². The first-order chi connectivity index (χ1) is 10.7. The Bertz CT molecular complexity index is 850. The Kier molecular flexibility index (Phi) is 3.99. The molecule has 0 saturated heterocycles. The molecule has 1 atom stereocenters. The van der Waals surface area contributed by atoms with Crippen LogP contribution in [-0.2, 0) is 0 Å². The zero-order valence-corrected chi connectivity index (χ0v) is 12.5. The van der Waals surface area contributed by atoms with Crippen LogP contribution in [0.2, 0.25) is 5.02 Å². The van der Waals surface area contributed by atoms with E-state index in [-0.39, 0.29) is 6.10 Å². The largest absolute Gasteiger partial charge is 0.484 e. The average Bonchev–Trinajstić information content (AvgIpc) is 3.00. The van der Waals surface area contributed by atoms with Gasteiger partial charge in [0.25, 0.3) is 0 Å².